The Bertz CT molecular complexity index is 2270. The lowest BCUT2D eigenvalue weighted by molar-refractivity contribution is -0.993. The molecule has 5 nitrogen and oxygen atoms in total. The number of benzene rings is 4. The molecule has 1 unspecified atom stereocenters. The highest BCUT2D eigenvalue weighted by Crippen LogP contribution is 2.57. The molecule has 7 aromatic rings. The standard InChI is InChI=1S/C35H24N4O/c1-21-9-7-10-22(2)30(21)25-14-16-27-31-34(25)40-28-17-15-24-23-11-3-4-12-26(23)39-29-13-5-6-18-36(29)35(31,32(28)33(24)39)38-20-8-19-37(27)38/h3-20H,1-2H3/q+2. The Morgan fingerprint density at radius 3 is 2.48 bits per heavy atom. The van der Waals surface area contributed by atoms with E-state index in [-0.39, 0.29) is 0 Å². The number of aryl methyl sites for hydroxylation is 2. The van der Waals surface area contributed by atoms with Gasteiger partial charge in [0.2, 0.25) is 6.20 Å². The molecule has 3 aliphatic rings. The van der Waals surface area contributed by atoms with E-state index in [0.29, 0.717) is 0 Å². The number of hydrogen-bond donors (Lipinski definition) is 0. The molecule has 0 N–H and O–H groups in total. The van der Waals surface area contributed by atoms with Gasteiger partial charge in [-0.25, -0.2) is 0 Å². The fraction of sp³-hybridized carbons (Fsp3) is 0.0857. The molecule has 188 valence electrons. The van der Waals surface area contributed by atoms with Crippen molar-refractivity contribution in [3.63, 3.8) is 0 Å². The molecule has 3 aromatic heterocycles. The summed E-state index contributed by atoms with van der Waals surface area (Å²) >= 11 is 0. The van der Waals surface area contributed by atoms with E-state index >= 15 is 0 Å². The fourth-order valence-electron chi connectivity index (χ4n) is 7.85. The first-order valence-corrected chi connectivity index (χ1v) is 13.8. The molecule has 0 radical (unpaired) electrons. The third kappa shape index (κ3) is 2.07. The Labute approximate surface area is 230 Å². The lowest BCUT2D eigenvalue weighted by atomic mass is 9.82. The molecule has 3 aliphatic heterocycles. The van der Waals surface area contributed by atoms with Gasteiger partial charge in [-0.3, -0.25) is 0 Å². The molecule has 0 fully saturated rings. The second-order valence-electron chi connectivity index (χ2n) is 11.2. The zero-order valence-electron chi connectivity index (χ0n) is 22.1. The molecule has 0 bridgehead atoms. The SMILES string of the molecule is Cc1cccc(C)c1-c1ccc2c3c1Oc1ccc4c5ccccc5n5c4c1C3([n+]1ccccc1-5)[n+]1cccn1-2. The quantitative estimate of drug-likeness (QED) is 0.230. The molecule has 6 heterocycles. The average Bonchev–Trinajstić information content (AvgIpc) is 3.66. The largest absolute Gasteiger partial charge is 0.455 e. The number of nitrogens with zero attached hydrogens (tertiary/aromatic N) is 4. The summed E-state index contributed by atoms with van der Waals surface area (Å²) in [5.41, 5.74) is 10.1. The fourth-order valence-corrected chi connectivity index (χ4v) is 7.85. The van der Waals surface area contributed by atoms with Gasteiger partial charge in [-0.2, -0.15) is 9.13 Å². The van der Waals surface area contributed by atoms with Crippen molar-refractivity contribution >= 4 is 21.8 Å². The number of para-hydroxylation sites is 1. The van der Waals surface area contributed by atoms with Crippen molar-refractivity contribution in [3.8, 4) is 34.1 Å². The number of rotatable bonds is 1. The van der Waals surface area contributed by atoms with Crippen LogP contribution in [0.25, 0.3) is 44.4 Å². The first-order valence-electron chi connectivity index (χ1n) is 13.8. The number of fused-ring (bicyclic) bond motifs is 7. The van der Waals surface area contributed by atoms with Crippen LogP contribution >= 0.6 is 0 Å². The zero-order chi connectivity index (χ0) is 26.3. The van der Waals surface area contributed by atoms with Crippen LogP contribution in [0.3, 0.4) is 0 Å². The predicted molar refractivity (Wildman–Crippen MR) is 153 cm³/mol. The molecular formula is C35H24N4O+2. The van der Waals surface area contributed by atoms with Crippen LogP contribution < -0.4 is 14.0 Å². The highest BCUT2D eigenvalue weighted by atomic mass is 16.5. The maximum Gasteiger partial charge on any atom is 0.397 e. The Morgan fingerprint density at radius 1 is 0.725 bits per heavy atom. The van der Waals surface area contributed by atoms with Crippen molar-refractivity contribution in [3.05, 3.63) is 132 Å². The minimum atomic E-state index is -0.644. The van der Waals surface area contributed by atoms with Crippen LogP contribution in [0.5, 0.6) is 11.5 Å². The molecule has 40 heavy (non-hydrogen) atoms. The van der Waals surface area contributed by atoms with Gasteiger partial charge in [-0.15, -0.1) is 4.68 Å². The summed E-state index contributed by atoms with van der Waals surface area (Å²) < 4.78 is 16.6. The zero-order valence-corrected chi connectivity index (χ0v) is 22.1. The first-order chi connectivity index (χ1) is 19.7. The van der Waals surface area contributed by atoms with Crippen LogP contribution in [-0.4, -0.2) is 9.25 Å². The molecule has 1 spiro atoms. The Kier molecular flexibility index (Phi) is 3.47. The summed E-state index contributed by atoms with van der Waals surface area (Å²) in [5, 5.41) is 2.50. The molecule has 0 saturated heterocycles. The Morgan fingerprint density at radius 2 is 1.57 bits per heavy atom. The van der Waals surface area contributed by atoms with Crippen molar-refractivity contribution < 1.29 is 14.0 Å². The summed E-state index contributed by atoms with van der Waals surface area (Å²) in [6.07, 6.45) is 6.60. The summed E-state index contributed by atoms with van der Waals surface area (Å²) in [7, 11) is 0. The van der Waals surface area contributed by atoms with Crippen LogP contribution in [0, 0.1) is 13.8 Å². The van der Waals surface area contributed by atoms with Gasteiger partial charge in [0.15, 0.2) is 22.4 Å². The van der Waals surface area contributed by atoms with E-state index in [2.05, 4.69) is 142 Å². The summed E-state index contributed by atoms with van der Waals surface area (Å²) in [6.45, 7) is 4.39. The highest BCUT2D eigenvalue weighted by molar-refractivity contribution is 6.11. The molecule has 1 atom stereocenters. The van der Waals surface area contributed by atoms with Crippen molar-refractivity contribution in [1.82, 2.24) is 9.25 Å². The van der Waals surface area contributed by atoms with Gasteiger partial charge >= 0.3 is 5.66 Å². The molecule has 4 aromatic carbocycles. The third-order valence-electron chi connectivity index (χ3n) is 9.27. The van der Waals surface area contributed by atoms with Crippen LogP contribution in [0.15, 0.2) is 110 Å². The van der Waals surface area contributed by atoms with Gasteiger partial charge in [0.1, 0.15) is 17.0 Å². The summed E-state index contributed by atoms with van der Waals surface area (Å²) in [6, 6.07) is 32.9. The lowest BCUT2D eigenvalue weighted by Gasteiger charge is -2.33. The van der Waals surface area contributed by atoms with Crippen LogP contribution in [0.4, 0.5) is 0 Å². The van der Waals surface area contributed by atoms with E-state index < -0.39 is 5.66 Å². The number of hydrogen-bond acceptors (Lipinski definition) is 1. The first kappa shape index (κ1) is 20.8. The minimum Gasteiger partial charge on any atom is -0.455 e. The maximum absolute atomic E-state index is 7.08. The molecular weight excluding hydrogens is 492 g/mol. The minimum absolute atomic E-state index is 0.644. The Hall–Kier alpha value is -5.16. The van der Waals surface area contributed by atoms with E-state index in [9.17, 15) is 0 Å². The van der Waals surface area contributed by atoms with Gasteiger partial charge in [-0.05, 0) is 73.0 Å². The van der Waals surface area contributed by atoms with Crippen molar-refractivity contribution in [2.75, 3.05) is 0 Å². The van der Waals surface area contributed by atoms with E-state index in [4.69, 9.17) is 4.74 Å². The highest BCUT2D eigenvalue weighted by Gasteiger charge is 2.68. The predicted octanol–water partition coefficient (Wildman–Crippen LogP) is 6.46. The van der Waals surface area contributed by atoms with Crippen molar-refractivity contribution in [2.45, 2.75) is 19.5 Å². The van der Waals surface area contributed by atoms with Gasteiger partial charge in [0.25, 0.3) is 5.82 Å². The molecule has 0 aliphatic carbocycles. The van der Waals surface area contributed by atoms with Crippen molar-refractivity contribution in [2.24, 2.45) is 0 Å². The van der Waals surface area contributed by atoms with Gasteiger partial charge in [-0.1, -0.05) is 41.1 Å². The second-order valence-corrected chi connectivity index (χ2v) is 11.2. The molecule has 5 heteroatoms. The number of aromatic nitrogens is 4. The second kappa shape index (κ2) is 6.69. The normalized spacial score (nSPS) is 17.1. The smallest absolute Gasteiger partial charge is 0.397 e. The van der Waals surface area contributed by atoms with E-state index in [1.54, 1.807) is 0 Å². The van der Waals surface area contributed by atoms with Crippen LogP contribution in [-0.2, 0) is 5.66 Å². The Balaban J connectivity index is 1.47. The van der Waals surface area contributed by atoms with Gasteiger partial charge in [0, 0.05) is 28.5 Å². The van der Waals surface area contributed by atoms with E-state index in [0.717, 1.165) is 28.6 Å². The number of pyridine rings is 1. The molecule has 0 amide bonds. The van der Waals surface area contributed by atoms with Crippen LogP contribution in [0.1, 0.15) is 22.3 Å². The summed E-state index contributed by atoms with van der Waals surface area (Å²) in [4.78, 5) is 0. The monoisotopic (exact) mass is 516 g/mol. The van der Waals surface area contributed by atoms with Gasteiger partial charge in [0.05, 0.1) is 12.4 Å². The van der Waals surface area contributed by atoms with Crippen LogP contribution in [0.2, 0.25) is 0 Å². The topological polar surface area (TPSA) is 26.8 Å². The van der Waals surface area contributed by atoms with E-state index in [1.807, 2.05) is 0 Å². The molecule has 0 saturated carbocycles. The van der Waals surface area contributed by atoms with E-state index in [1.165, 1.54) is 49.6 Å². The maximum atomic E-state index is 7.08. The summed E-state index contributed by atoms with van der Waals surface area (Å²) in [5.74, 6) is 2.97. The van der Waals surface area contributed by atoms with Crippen molar-refractivity contribution in [1.29, 1.82) is 0 Å². The molecule has 10 rings (SSSR count). The van der Waals surface area contributed by atoms with Gasteiger partial charge < -0.3 is 4.74 Å². The third-order valence-corrected chi connectivity index (χ3v) is 9.27. The average molecular weight is 517 g/mol. The lowest BCUT2D eigenvalue weighted by Crippen LogP contribution is -2.76. The number of ether oxygens (including phenoxy) is 1.